The first-order valence-electron chi connectivity index (χ1n) is 3.77. The molecule has 0 atom stereocenters. The maximum atomic E-state index is 3.41. The predicted octanol–water partition coefficient (Wildman–Crippen LogP) is 0.346. The van der Waals surface area contributed by atoms with Gasteiger partial charge in [0.05, 0.1) is 0 Å². The van der Waals surface area contributed by atoms with Crippen molar-refractivity contribution in [2.24, 2.45) is 0 Å². The Morgan fingerprint density at radius 1 is 1.33 bits per heavy atom. The Hall–Kier alpha value is -0.0800. The molecule has 1 aliphatic carbocycles. The van der Waals surface area contributed by atoms with E-state index in [0.29, 0.717) is 0 Å². The van der Waals surface area contributed by atoms with Crippen molar-refractivity contribution in [1.29, 1.82) is 0 Å². The van der Waals surface area contributed by atoms with Crippen LogP contribution in [0.1, 0.15) is 19.8 Å². The van der Waals surface area contributed by atoms with Crippen molar-refractivity contribution < 1.29 is 0 Å². The number of hydrogen-bond donors (Lipinski definition) is 2. The summed E-state index contributed by atoms with van der Waals surface area (Å²) in [5.74, 6) is 0. The molecule has 0 spiro atoms. The summed E-state index contributed by atoms with van der Waals surface area (Å²) >= 11 is 0. The highest BCUT2D eigenvalue weighted by molar-refractivity contribution is 4.88. The summed E-state index contributed by atoms with van der Waals surface area (Å²) in [6.45, 7) is 3.27. The fraction of sp³-hybridized carbons (Fsp3) is 1.00. The lowest BCUT2D eigenvalue weighted by Crippen LogP contribution is -2.49. The molecule has 0 radical (unpaired) electrons. The van der Waals surface area contributed by atoms with Crippen molar-refractivity contribution in [3.8, 4) is 0 Å². The number of hydrogen-bond acceptors (Lipinski definition) is 2. The van der Waals surface area contributed by atoms with Crippen molar-refractivity contribution in [2.75, 3.05) is 13.6 Å². The summed E-state index contributed by atoms with van der Waals surface area (Å²) in [6.07, 6.45) is 2.62. The third-order valence-electron chi connectivity index (χ3n) is 2.04. The van der Waals surface area contributed by atoms with Crippen molar-refractivity contribution in [3.63, 3.8) is 0 Å². The van der Waals surface area contributed by atoms with Crippen LogP contribution in [0.3, 0.4) is 0 Å². The summed E-state index contributed by atoms with van der Waals surface area (Å²) in [4.78, 5) is 0. The van der Waals surface area contributed by atoms with Gasteiger partial charge in [-0.25, -0.2) is 0 Å². The van der Waals surface area contributed by atoms with Gasteiger partial charge in [-0.1, -0.05) is 6.92 Å². The van der Waals surface area contributed by atoms with Crippen LogP contribution in [0.5, 0.6) is 0 Å². The second-order valence-corrected chi connectivity index (χ2v) is 2.71. The summed E-state index contributed by atoms with van der Waals surface area (Å²) < 4.78 is 0. The highest BCUT2D eigenvalue weighted by Gasteiger charge is 2.26. The van der Waals surface area contributed by atoms with Crippen molar-refractivity contribution in [3.05, 3.63) is 0 Å². The van der Waals surface area contributed by atoms with E-state index in [1.165, 1.54) is 12.8 Å². The first-order chi connectivity index (χ1) is 4.36. The molecule has 0 amide bonds. The number of nitrogens with one attached hydrogen (secondary N) is 2. The van der Waals surface area contributed by atoms with Gasteiger partial charge >= 0.3 is 0 Å². The molecule has 9 heavy (non-hydrogen) atoms. The summed E-state index contributed by atoms with van der Waals surface area (Å²) in [7, 11) is 2.03. The van der Waals surface area contributed by atoms with Gasteiger partial charge in [-0.05, 0) is 26.4 Å². The molecule has 2 N–H and O–H groups in total. The third-order valence-corrected chi connectivity index (χ3v) is 2.04. The molecule has 0 aromatic heterocycles. The fourth-order valence-corrected chi connectivity index (χ4v) is 1.31. The Labute approximate surface area is 57.0 Å². The average Bonchev–Trinajstić information content (AvgIpc) is 1.77. The third kappa shape index (κ3) is 1.66. The summed E-state index contributed by atoms with van der Waals surface area (Å²) in [5.41, 5.74) is 0. The highest BCUT2D eigenvalue weighted by atomic mass is 15.0. The molecule has 0 heterocycles. The van der Waals surface area contributed by atoms with E-state index in [2.05, 4.69) is 17.6 Å². The molecule has 0 aromatic rings. The minimum absolute atomic E-state index is 0.786. The van der Waals surface area contributed by atoms with Crippen LogP contribution in [0.15, 0.2) is 0 Å². The molecule has 1 saturated carbocycles. The van der Waals surface area contributed by atoms with Gasteiger partial charge in [0, 0.05) is 12.1 Å². The molecule has 1 aliphatic rings. The molecular weight excluding hydrogens is 112 g/mol. The van der Waals surface area contributed by atoms with Gasteiger partial charge in [0.2, 0.25) is 0 Å². The molecule has 0 unspecified atom stereocenters. The second kappa shape index (κ2) is 3.18. The first kappa shape index (κ1) is 7.03. The SMILES string of the molecule is CCNC1CC(NC)C1. The Bertz CT molecular complexity index is 77.0. The van der Waals surface area contributed by atoms with Crippen molar-refractivity contribution in [2.45, 2.75) is 31.8 Å². The standard InChI is InChI=1S/C7H16N2/c1-3-9-7-4-6(5-7)8-2/h6-9H,3-5H2,1-2H3. The maximum absolute atomic E-state index is 3.41. The lowest BCUT2D eigenvalue weighted by molar-refractivity contribution is 0.264. The van der Waals surface area contributed by atoms with Gasteiger partial charge in [0.1, 0.15) is 0 Å². The normalized spacial score (nSPS) is 34.0. The zero-order valence-electron chi connectivity index (χ0n) is 6.28. The summed E-state index contributed by atoms with van der Waals surface area (Å²) in [6, 6.07) is 1.58. The lowest BCUT2D eigenvalue weighted by atomic mass is 9.87. The molecular formula is C7H16N2. The molecule has 54 valence electrons. The largest absolute Gasteiger partial charge is 0.317 e. The van der Waals surface area contributed by atoms with E-state index >= 15 is 0 Å². The molecule has 1 fully saturated rings. The van der Waals surface area contributed by atoms with Crippen LogP contribution in [0.4, 0.5) is 0 Å². The van der Waals surface area contributed by atoms with E-state index in [0.717, 1.165) is 18.6 Å². The van der Waals surface area contributed by atoms with Crippen LogP contribution >= 0.6 is 0 Å². The molecule has 2 nitrogen and oxygen atoms in total. The van der Waals surface area contributed by atoms with Gasteiger partial charge in [-0.3, -0.25) is 0 Å². The van der Waals surface area contributed by atoms with E-state index in [1.54, 1.807) is 0 Å². The summed E-state index contributed by atoms with van der Waals surface area (Å²) in [5, 5.41) is 6.66. The molecule has 0 aromatic carbocycles. The van der Waals surface area contributed by atoms with Gasteiger partial charge in [-0.15, -0.1) is 0 Å². The van der Waals surface area contributed by atoms with Crippen LogP contribution in [0, 0.1) is 0 Å². The molecule has 2 heteroatoms. The maximum Gasteiger partial charge on any atom is 0.00965 e. The predicted molar refractivity (Wildman–Crippen MR) is 39.5 cm³/mol. The van der Waals surface area contributed by atoms with Gasteiger partial charge in [-0.2, -0.15) is 0 Å². The van der Waals surface area contributed by atoms with Crippen molar-refractivity contribution >= 4 is 0 Å². The van der Waals surface area contributed by atoms with E-state index in [9.17, 15) is 0 Å². The second-order valence-electron chi connectivity index (χ2n) is 2.71. The quantitative estimate of drug-likeness (QED) is 0.573. The zero-order chi connectivity index (χ0) is 6.69. The van der Waals surface area contributed by atoms with Crippen LogP contribution in [-0.4, -0.2) is 25.7 Å². The fourth-order valence-electron chi connectivity index (χ4n) is 1.31. The van der Waals surface area contributed by atoms with Gasteiger partial charge in [0.15, 0.2) is 0 Å². The van der Waals surface area contributed by atoms with Gasteiger partial charge < -0.3 is 10.6 Å². The first-order valence-corrected chi connectivity index (χ1v) is 3.77. The van der Waals surface area contributed by atoms with E-state index in [1.807, 2.05) is 7.05 Å². The molecule has 0 bridgehead atoms. The Kier molecular flexibility index (Phi) is 2.49. The van der Waals surface area contributed by atoms with Crippen LogP contribution < -0.4 is 10.6 Å². The lowest BCUT2D eigenvalue weighted by Gasteiger charge is -2.35. The molecule has 0 saturated heterocycles. The highest BCUT2D eigenvalue weighted by Crippen LogP contribution is 2.18. The minimum atomic E-state index is 0.786. The van der Waals surface area contributed by atoms with Crippen molar-refractivity contribution in [1.82, 2.24) is 10.6 Å². The molecule has 0 aliphatic heterocycles. The van der Waals surface area contributed by atoms with Crippen LogP contribution in [-0.2, 0) is 0 Å². The van der Waals surface area contributed by atoms with E-state index in [-0.39, 0.29) is 0 Å². The van der Waals surface area contributed by atoms with E-state index in [4.69, 9.17) is 0 Å². The number of rotatable bonds is 3. The monoisotopic (exact) mass is 128 g/mol. The Balaban J connectivity index is 1.98. The zero-order valence-corrected chi connectivity index (χ0v) is 6.28. The molecule has 1 rings (SSSR count). The smallest absolute Gasteiger partial charge is 0.00965 e. The average molecular weight is 128 g/mol. The van der Waals surface area contributed by atoms with Crippen LogP contribution in [0.25, 0.3) is 0 Å². The van der Waals surface area contributed by atoms with E-state index < -0.39 is 0 Å². The van der Waals surface area contributed by atoms with Gasteiger partial charge in [0.25, 0.3) is 0 Å². The minimum Gasteiger partial charge on any atom is -0.317 e. The van der Waals surface area contributed by atoms with Crippen LogP contribution in [0.2, 0.25) is 0 Å². The topological polar surface area (TPSA) is 24.1 Å². The Morgan fingerprint density at radius 3 is 2.44 bits per heavy atom. The Morgan fingerprint density at radius 2 is 2.00 bits per heavy atom.